The number of aromatic hydroxyl groups is 3. The third kappa shape index (κ3) is 3.36. The quantitative estimate of drug-likeness (QED) is 0.275. The Morgan fingerprint density at radius 1 is 1.13 bits per heavy atom. The fourth-order valence-electron chi connectivity index (χ4n) is 0.791. The molecule has 0 heterocycles. The second-order valence-electron chi connectivity index (χ2n) is 2.38. The molecule has 6 heteroatoms. The van der Waals surface area contributed by atoms with Crippen LogP contribution in [0.2, 0.25) is 0 Å². The third-order valence-electron chi connectivity index (χ3n) is 1.43. The summed E-state index contributed by atoms with van der Waals surface area (Å²) in [5.41, 5.74) is -0.0669. The van der Waals surface area contributed by atoms with E-state index in [1.807, 2.05) is 0 Å². The van der Waals surface area contributed by atoms with Gasteiger partial charge in [-0.1, -0.05) is 5.92 Å². The molecule has 0 aliphatic carbocycles. The van der Waals surface area contributed by atoms with Crippen molar-refractivity contribution < 1.29 is 25.2 Å². The summed E-state index contributed by atoms with van der Waals surface area (Å²) in [7, 11) is 0. The molecule has 0 saturated heterocycles. The van der Waals surface area contributed by atoms with E-state index in [0.717, 1.165) is 6.07 Å². The van der Waals surface area contributed by atoms with E-state index in [1.54, 1.807) is 5.92 Å². The van der Waals surface area contributed by atoms with E-state index in [1.165, 1.54) is 6.07 Å². The minimum atomic E-state index is -1.35. The minimum Gasteiger partial charge on any atom is -0.504 e. The van der Waals surface area contributed by atoms with Crippen molar-refractivity contribution in [3.05, 3.63) is 17.7 Å². The average molecular weight is 217 g/mol. The summed E-state index contributed by atoms with van der Waals surface area (Å²) < 4.78 is 0. The Hall–Kier alpha value is -1.35. The second-order valence-corrected chi connectivity index (χ2v) is 2.38. The summed E-state index contributed by atoms with van der Waals surface area (Å²) in [5.74, 6) is 0.666. The molecule has 1 aromatic rings. The van der Waals surface area contributed by atoms with Crippen LogP contribution in [0.15, 0.2) is 12.1 Å². The van der Waals surface area contributed by atoms with E-state index in [9.17, 15) is 9.90 Å². The standard InChI is InChI=1S/C9H6O5.Na/c10-6-3-1-5(2-4-7(11)12)8(13)9(6)14;/h1,3,10,13-14H,(H,11,12);. The maximum atomic E-state index is 10.1. The van der Waals surface area contributed by atoms with Gasteiger partial charge in [0.2, 0.25) is 5.75 Å². The van der Waals surface area contributed by atoms with Crippen molar-refractivity contribution in [2.75, 3.05) is 0 Å². The van der Waals surface area contributed by atoms with Gasteiger partial charge in [-0.3, -0.25) is 0 Å². The SMILES string of the molecule is O=C(O)C#Cc1ccc(O)c(O)c1O.[Na]. The summed E-state index contributed by atoms with van der Waals surface area (Å²) in [6.07, 6.45) is 0. The van der Waals surface area contributed by atoms with Gasteiger partial charge in [0.1, 0.15) is 0 Å². The molecule has 0 saturated carbocycles. The molecule has 4 N–H and O–H groups in total. The molecule has 15 heavy (non-hydrogen) atoms. The van der Waals surface area contributed by atoms with E-state index in [0.29, 0.717) is 0 Å². The molecule has 0 amide bonds. The molecule has 0 fully saturated rings. The first-order valence-corrected chi connectivity index (χ1v) is 3.51. The Morgan fingerprint density at radius 3 is 2.27 bits per heavy atom. The van der Waals surface area contributed by atoms with Crippen LogP contribution in [0.5, 0.6) is 17.2 Å². The summed E-state index contributed by atoms with van der Waals surface area (Å²) >= 11 is 0. The first kappa shape index (κ1) is 13.7. The van der Waals surface area contributed by atoms with Crippen LogP contribution >= 0.6 is 0 Å². The van der Waals surface area contributed by atoms with Crippen LogP contribution in [-0.4, -0.2) is 56.0 Å². The zero-order chi connectivity index (χ0) is 10.7. The van der Waals surface area contributed by atoms with Crippen molar-refractivity contribution in [1.29, 1.82) is 0 Å². The summed E-state index contributed by atoms with van der Waals surface area (Å²) in [5, 5.41) is 35.4. The molecule has 0 aliphatic heterocycles. The molecule has 1 aromatic carbocycles. The van der Waals surface area contributed by atoms with E-state index >= 15 is 0 Å². The maximum Gasteiger partial charge on any atom is 0.382 e. The molecular formula is C9H6NaO5. The van der Waals surface area contributed by atoms with E-state index < -0.39 is 23.2 Å². The molecule has 0 atom stereocenters. The van der Waals surface area contributed by atoms with Crippen LogP contribution in [0.1, 0.15) is 5.56 Å². The van der Waals surface area contributed by atoms with Gasteiger partial charge in [-0.25, -0.2) is 4.79 Å². The zero-order valence-corrected chi connectivity index (χ0v) is 9.85. The van der Waals surface area contributed by atoms with Gasteiger partial charge in [-0.15, -0.1) is 0 Å². The molecular weight excluding hydrogens is 211 g/mol. The van der Waals surface area contributed by atoms with Gasteiger partial charge >= 0.3 is 5.97 Å². The van der Waals surface area contributed by atoms with Crippen LogP contribution in [0.3, 0.4) is 0 Å². The van der Waals surface area contributed by atoms with Gasteiger partial charge in [0, 0.05) is 35.5 Å². The van der Waals surface area contributed by atoms with E-state index in [2.05, 4.69) is 5.92 Å². The zero-order valence-electron chi connectivity index (χ0n) is 7.85. The van der Waals surface area contributed by atoms with Crippen molar-refractivity contribution in [2.24, 2.45) is 0 Å². The van der Waals surface area contributed by atoms with E-state index in [-0.39, 0.29) is 35.1 Å². The normalized spacial score (nSPS) is 8.27. The number of aliphatic carboxylic acids is 1. The number of carboxylic acids is 1. The monoisotopic (exact) mass is 217 g/mol. The molecule has 73 valence electrons. The maximum absolute atomic E-state index is 10.1. The first-order chi connectivity index (χ1) is 6.52. The predicted molar refractivity (Wildman–Crippen MR) is 51.7 cm³/mol. The molecule has 0 bridgehead atoms. The van der Waals surface area contributed by atoms with Crippen LogP contribution in [-0.2, 0) is 4.79 Å². The Morgan fingerprint density at radius 2 is 1.73 bits per heavy atom. The number of rotatable bonds is 0. The Labute approximate surface area is 107 Å². The Bertz CT molecular complexity index is 444. The number of carboxylic acid groups (broad SMARTS) is 1. The third-order valence-corrected chi connectivity index (χ3v) is 1.43. The number of hydrogen-bond acceptors (Lipinski definition) is 4. The summed E-state index contributed by atoms with van der Waals surface area (Å²) in [6.45, 7) is 0. The van der Waals surface area contributed by atoms with Gasteiger partial charge in [0.15, 0.2) is 11.5 Å². The van der Waals surface area contributed by atoms with Gasteiger partial charge in [-0.2, -0.15) is 0 Å². The predicted octanol–water partition coefficient (Wildman–Crippen LogP) is -0.141. The molecule has 1 rings (SSSR count). The number of phenols is 3. The van der Waals surface area contributed by atoms with Gasteiger partial charge in [0.25, 0.3) is 0 Å². The van der Waals surface area contributed by atoms with Gasteiger partial charge < -0.3 is 20.4 Å². The Balaban J connectivity index is 0.00000196. The Kier molecular flexibility index (Phi) is 5.02. The number of carbonyl (C=O) groups is 1. The van der Waals surface area contributed by atoms with Crippen LogP contribution in [0, 0.1) is 11.8 Å². The van der Waals surface area contributed by atoms with Crippen LogP contribution in [0.4, 0.5) is 0 Å². The van der Waals surface area contributed by atoms with Crippen LogP contribution in [0.25, 0.3) is 0 Å². The van der Waals surface area contributed by atoms with Crippen molar-refractivity contribution in [1.82, 2.24) is 0 Å². The minimum absolute atomic E-state index is 0. The number of hydrogen-bond donors (Lipinski definition) is 4. The van der Waals surface area contributed by atoms with Gasteiger partial charge in [-0.05, 0) is 12.1 Å². The van der Waals surface area contributed by atoms with Crippen molar-refractivity contribution in [2.45, 2.75) is 0 Å². The molecule has 5 nitrogen and oxygen atoms in total. The van der Waals surface area contributed by atoms with Crippen molar-refractivity contribution in [3.8, 4) is 29.1 Å². The summed E-state index contributed by atoms with van der Waals surface area (Å²) in [4.78, 5) is 10.1. The smallest absolute Gasteiger partial charge is 0.382 e. The van der Waals surface area contributed by atoms with Crippen molar-refractivity contribution in [3.63, 3.8) is 0 Å². The fraction of sp³-hybridized carbons (Fsp3) is 0. The topological polar surface area (TPSA) is 98.0 Å². The molecule has 0 unspecified atom stereocenters. The average Bonchev–Trinajstić information content (AvgIpc) is 2.13. The van der Waals surface area contributed by atoms with E-state index in [4.69, 9.17) is 15.3 Å². The molecule has 0 spiro atoms. The molecule has 0 aromatic heterocycles. The molecule has 1 radical (unpaired) electrons. The van der Waals surface area contributed by atoms with Crippen molar-refractivity contribution >= 4 is 35.5 Å². The number of phenolic OH excluding ortho intramolecular Hbond substituents is 3. The fourth-order valence-corrected chi connectivity index (χ4v) is 0.791. The first-order valence-electron chi connectivity index (χ1n) is 3.51. The second kappa shape index (κ2) is 5.51. The van der Waals surface area contributed by atoms with Crippen LogP contribution < -0.4 is 0 Å². The number of benzene rings is 1. The molecule has 0 aliphatic rings. The summed E-state index contributed by atoms with van der Waals surface area (Å²) in [6, 6.07) is 2.29. The largest absolute Gasteiger partial charge is 0.504 e. The van der Waals surface area contributed by atoms with Gasteiger partial charge in [0.05, 0.1) is 5.56 Å².